The normalized spacial score (nSPS) is 15.9. The molecule has 0 fully saturated rings. The fraction of sp³-hybridized carbons (Fsp3) is 0.0385. The van der Waals surface area contributed by atoms with Crippen LogP contribution in [-0.4, -0.2) is 5.78 Å². The summed E-state index contributed by atoms with van der Waals surface area (Å²) in [6.45, 7) is 0. The highest BCUT2D eigenvalue weighted by molar-refractivity contribution is 6.11. The first-order valence-corrected chi connectivity index (χ1v) is 9.12. The van der Waals surface area contributed by atoms with Crippen LogP contribution in [0.5, 0.6) is 0 Å². The van der Waals surface area contributed by atoms with Crippen molar-refractivity contribution in [2.75, 3.05) is 0 Å². The minimum Gasteiger partial charge on any atom is -0.290 e. The summed E-state index contributed by atoms with van der Waals surface area (Å²) in [5, 5.41) is 0. The van der Waals surface area contributed by atoms with Crippen LogP contribution < -0.4 is 0 Å². The van der Waals surface area contributed by atoms with Gasteiger partial charge in [0.1, 0.15) is 0 Å². The lowest BCUT2D eigenvalue weighted by molar-refractivity contribution is -0.111. The van der Waals surface area contributed by atoms with Crippen LogP contribution in [0.1, 0.15) is 28.2 Å². The van der Waals surface area contributed by atoms with Gasteiger partial charge in [0.25, 0.3) is 0 Å². The van der Waals surface area contributed by atoms with Gasteiger partial charge in [-0.1, -0.05) is 103 Å². The number of hydrogen-bond donors (Lipinski definition) is 0. The number of carbonyl (C=O) groups excluding carboxylic acids is 1. The SMILES string of the molecule is O=C(C=Cc1ccccc1)C(=Cc1ccccc1)C1C=Cc2ccccc21. The molecule has 4 rings (SSSR count). The third kappa shape index (κ3) is 3.88. The van der Waals surface area contributed by atoms with Crippen LogP contribution in [0.4, 0.5) is 0 Å². The Bertz CT molecular complexity index is 1020. The summed E-state index contributed by atoms with van der Waals surface area (Å²) < 4.78 is 0. The van der Waals surface area contributed by atoms with Gasteiger partial charge in [0.15, 0.2) is 5.78 Å². The number of rotatable bonds is 5. The van der Waals surface area contributed by atoms with Crippen molar-refractivity contribution in [3.63, 3.8) is 0 Å². The largest absolute Gasteiger partial charge is 0.290 e. The smallest absolute Gasteiger partial charge is 0.182 e. The van der Waals surface area contributed by atoms with Gasteiger partial charge < -0.3 is 0 Å². The zero-order chi connectivity index (χ0) is 18.5. The topological polar surface area (TPSA) is 17.1 Å². The maximum absolute atomic E-state index is 13.1. The monoisotopic (exact) mass is 348 g/mol. The van der Waals surface area contributed by atoms with Crippen LogP contribution in [0.2, 0.25) is 0 Å². The highest BCUT2D eigenvalue weighted by Gasteiger charge is 2.24. The van der Waals surface area contributed by atoms with Crippen LogP contribution in [0.3, 0.4) is 0 Å². The molecule has 0 amide bonds. The summed E-state index contributed by atoms with van der Waals surface area (Å²) in [6.07, 6.45) is 9.79. The van der Waals surface area contributed by atoms with E-state index in [1.165, 1.54) is 11.1 Å². The lowest BCUT2D eigenvalue weighted by Gasteiger charge is -2.14. The number of hydrogen-bond acceptors (Lipinski definition) is 1. The molecule has 0 spiro atoms. The molecule has 1 atom stereocenters. The number of carbonyl (C=O) groups is 1. The fourth-order valence-electron chi connectivity index (χ4n) is 3.40. The summed E-state index contributed by atoms with van der Waals surface area (Å²) in [5.74, 6) is 0.0170. The Hall–Kier alpha value is -3.45. The van der Waals surface area contributed by atoms with Gasteiger partial charge in [-0.2, -0.15) is 0 Å². The maximum Gasteiger partial charge on any atom is 0.182 e. The number of benzene rings is 3. The van der Waals surface area contributed by atoms with E-state index in [9.17, 15) is 4.79 Å². The quantitative estimate of drug-likeness (QED) is 0.504. The molecule has 3 aromatic carbocycles. The fourth-order valence-corrected chi connectivity index (χ4v) is 3.40. The third-order valence-electron chi connectivity index (χ3n) is 4.77. The van der Waals surface area contributed by atoms with Gasteiger partial charge in [-0.05, 0) is 34.4 Å². The van der Waals surface area contributed by atoms with E-state index >= 15 is 0 Å². The van der Waals surface area contributed by atoms with Crippen LogP contribution in [0.25, 0.3) is 18.2 Å². The molecule has 1 unspecified atom stereocenters. The van der Waals surface area contributed by atoms with Gasteiger partial charge in [-0.15, -0.1) is 0 Å². The molecule has 0 heterocycles. The molecule has 0 aromatic heterocycles. The van der Waals surface area contributed by atoms with Gasteiger partial charge in [0.2, 0.25) is 0 Å². The highest BCUT2D eigenvalue weighted by atomic mass is 16.1. The predicted octanol–water partition coefficient (Wildman–Crippen LogP) is 6.16. The summed E-state index contributed by atoms with van der Waals surface area (Å²) in [7, 11) is 0. The Morgan fingerprint density at radius 3 is 2.11 bits per heavy atom. The second kappa shape index (κ2) is 7.84. The van der Waals surface area contributed by atoms with E-state index in [1.54, 1.807) is 6.08 Å². The summed E-state index contributed by atoms with van der Waals surface area (Å²) in [6, 6.07) is 28.2. The highest BCUT2D eigenvalue weighted by Crippen LogP contribution is 2.36. The van der Waals surface area contributed by atoms with Gasteiger partial charge >= 0.3 is 0 Å². The second-order valence-electron chi connectivity index (χ2n) is 6.58. The molecule has 130 valence electrons. The summed E-state index contributed by atoms with van der Waals surface area (Å²) >= 11 is 0. The molecule has 0 aliphatic heterocycles. The van der Waals surface area contributed by atoms with E-state index in [0.717, 1.165) is 16.7 Å². The number of allylic oxidation sites excluding steroid dienone is 3. The van der Waals surface area contributed by atoms with Crippen molar-refractivity contribution >= 4 is 24.0 Å². The van der Waals surface area contributed by atoms with Gasteiger partial charge in [-0.3, -0.25) is 4.79 Å². The zero-order valence-corrected chi connectivity index (χ0v) is 15.0. The standard InChI is InChI=1S/C26H20O/c27-26(18-15-20-9-3-1-4-10-20)25(19-21-11-5-2-6-12-21)24-17-16-22-13-7-8-14-23(22)24/h1-19,24H. The molecule has 27 heavy (non-hydrogen) atoms. The molecule has 0 radical (unpaired) electrons. The van der Waals surface area contributed by atoms with Crippen LogP contribution >= 0.6 is 0 Å². The Morgan fingerprint density at radius 1 is 0.741 bits per heavy atom. The van der Waals surface area contributed by atoms with Crippen molar-refractivity contribution < 1.29 is 4.79 Å². The lowest BCUT2D eigenvalue weighted by Crippen LogP contribution is -2.07. The average molecular weight is 348 g/mol. The first-order valence-electron chi connectivity index (χ1n) is 9.12. The number of ketones is 1. The van der Waals surface area contributed by atoms with Crippen LogP contribution in [0.15, 0.2) is 103 Å². The van der Waals surface area contributed by atoms with Crippen molar-refractivity contribution in [3.8, 4) is 0 Å². The van der Waals surface area contributed by atoms with Crippen molar-refractivity contribution in [1.29, 1.82) is 0 Å². The third-order valence-corrected chi connectivity index (χ3v) is 4.77. The number of fused-ring (bicyclic) bond motifs is 1. The van der Waals surface area contributed by atoms with Gasteiger partial charge in [-0.25, -0.2) is 0 Å². The first-order chi connectivity index (χ1) is 13.3. The van der Waals surface area contributed by atoms with E-state index < -0.39 is 0 Å². The summed E-state index contributed by atoms with van der Waals surface area (Å²) in [5.41, 5.74) is 5.20. The van der Waals surface area contributed by atoms with E-state index in [0.29, 0.717) is 0 Å². The van der Waals surface area contributed by atoms with Gasteiger partial charge in [0, 0.05) is 11.5 Å². The van der Waals surface area contributed by atoms with Crippen molar-refractivity contribution in [1.82, 2.24) is 0 Å². The van der Waals surface area contributed by atoms with Crippen molar-refractivity contribution in [2.24, 2.45) is 0 Å². The molecule has 3 aromatic rings. The van der Waals surface area contributed by atoms with E-state index in [2.05, 4.69) is 24.3 Å². The Kier molecular flexibility index (Phi) is 4.93. The van der Waals surface area contributed by atoms with Crippen molar-refractivity contribution in [2.45, 2.75) is 5.92 Å². The van der Waals surface area contributed by atoms with E-state index in [1.807, 2.05) is 84.9 Å². The van der Waals surface area contributed by atoms with E-state index in [4.69, 9.17) is 0 Å². The average Bonchev–Trinajstić information content (AvgIpc) is 3.16. The zero-order valence-electron chi connectivity index (χ0n) is 15.0. The molecule has 0 N–H and O–H groups in total. The molecule has 1 heteroatoms. The minimum atomic E-state index is -0.0191. The molecular weight excluding hydrogens is 328 g/mol. The molecule has 0 saturated carbocycles. The first kappa shape index (κ1) is 17.0. The second-order valence-corrected chi connectivity index (χ2v) is 6.58. The molecule has 1 aliphatic carbocycles. The summed E-state index contributed by atoms with van der Waals surface area (Å²) in [4.78, 5) is 13.1. The van der Waals surface area contributed by atoms with E-state index in [-0.39, 0.29) is 11.7 Å². The van der Waals surface area contributed by atoms with Gasteiger partial charge in [0.05, 0.1) is 0 Å². The Balaban J connectivity index is 1.71. The maximum atomic E-state index is 13.1. The minimum absolute atomic E-state index is 0.0191. The Labute approximate surface area is 160 Å². The predicted molar refractivity (Wildman–Crippen MR) is 113 cm³/mol. The van der Waals surface area contributed by atoms with Crippen molar-refractivity contribution in [3.05, 3.63) is 125 Å². The molecule has 1 aliphatic rings. The lowest BCUT2D eigenvalue weighted by atomic mass is 9.88. The molecular formula is C26H20O. The molecule has 0 saturated heterocycles. The van der Waals surface area contributed by atoms with Crippen LogP contribution in [-0.2, 0) is 4.79 Å². The van der Waals surface area contributed by atoms with Crippen LogP contribution in [0, 0.1) is 0 Å². The molecule has 1 nitrogen and oxygen atoms in total. The Morgan fingerprint density at radius 2 is 1.37 bits per heavy atom. The molecule has 0 bridgehead atoms.